The SMILES string of the molecule is O=S(=O)([O-])OCCN=c1cc(S(=O)(=O)CCOS(=O)(=O)[O-])c2nc3c(Cl)c4c(c(Cl)c3oc-2c1S(=O)(=O)CCOS(=O)(=O)[O-])Nc1ccc(NCCOS(=O)(=O)[O-])cc1O4.[Na+].[Na+].[Na+].[Na+]. The van der Waals surface area contributed by atoms with Crippen LogP contribution in [0.1, 0.15) is 0 Å². The summed E-state index contributed by atoms with van der Waals surface area (Å²) in [5, 5.41) is 3.87. The molecule has 0 saturated carbocycles. The maximum absolute atomic E-state index is 13.9. The summed E-state index contributed by atoms with van der Waals surface area (Å²) in [6.07, 6.45) is 0. The zero-order valence-corrected chi connectivity index (χ0v) is 47.5. The zero-order valence-electron chi connectivity index (χ0n) is 33.0. The van der Waals surface area contributed by atoms with E-state index in [2.05, 4.69) is 37.3 Å². The molecular weight excluding hydrogens is 1080 g/mol. The van der Waals surface area contributed by atoms with Crippen molar-refractivity contribution in [2.45, 2.75) is 9.79 Å². The predicted molar refractivity (Wildman–Crippen MR) is 196 cm³/mol. The summed E-state index contributed by atoms with van der Waals surface area (Å²) in [6.45, 7) is -5.21. The Balaban J connectivity index is 0.00000512. The van der Waals surface area contributed by atoms with Gasteiger partial charge in [0.2, 0.25) is 41.6 Å². The normalized spacial score (nSPS) is 13.2. The Morgan fingerprint density at radius 1 is 0.703 bits per heavy atom. The molecule has 5 rings (SSSR count). The van der Waals surface area contributed by atoms with Crippen molar-refractivity contribution in [2.75, 3.05) is 61.7 Å². The first kappa shape index (κ1) is 62.4. The quantitative estimate of drug-likeness (QED) is 0.0255. The van der Waals surface area contributed by atoms with Gasteiger partial charge >= 0.3 is 118 Å². The second-order valence-electron chi connectivity index (χ2n) is 11.4. The molecule has 332 valence electrons. The van der Waals surface area contributed by atoms with E-state index in [0.717, 1.165) is 0 Å². The number of nitrogens with zero attached hydrogens (tertiary/aromatic N) is 2. The van der Waals surface area contributed by atoms with E-state index < -0.39 is 153 Å². The number of benzene rings is 3. The molecule has 2 aromatic carbocycles. The number of ether oxygens (including phenoxy) is 1. The molecule has 64 heavy (non-hydrogen) atoms. The number of hydrogen-bond acceptors (Lipinski definition) is 26. The molecule has 0 bridgehead atoms. The minimum absolute atomic E-state index is 0. The van der Waals surface area contributed by atoms with Gasteiger partial charge in [-0.2, -0.15) is 0 Å². The van der Waals surface area contributed by atoms with Crippen LogP contribution in [-0.4, -0.2) is 125 Å². The van der Waals surface area contributed by atoms with E-state index in [1.165, 1.54) is 18.2 Å². The van der Waals surface area contributed by atoms with Gasteiger partial charge in [0.25, 0.3) is 0 Å². The predicted octanol–water partition coefficient (Wildman–Crippen LogP) is -12.1. The number of aromatic nitrogens is 1. The van der Waals surface area contributed by atoms with Crippen LogP contribution in [0.4, 0.5) is 17.1 Å². The fourth-order valence-corrected chi connectivity index (χ4v) is 9.60. The Labute approximate surface area is 463 Å². The second kappa shape index (κ2) is 24.5. The number of nitrogens with one attached hydrogen (secondary N) is 2. The summed E-state index contributed by atoms with van der Waals surface area (Å²) in [6, 6.07) is 4.83. The van der Waals surface area contributed by atoms with Gasteiger partial charge in [-0.1, -0.05) is 23.2 Å². The molecule has 1 aliphatic carbocycles. The van der Waals surface area contributed by atoms with E-state index in [-0.39, 0.29) is 148 Å². The van der Waals surface area contributed by atoms with Gasteiger partial charge in [0.05, 0.1) is 60.4 Å². The Morgan fingerprint density at radius 3 is 1.80 bits per heavy atom. The Hall–Kier alpha value is 0.420. The Kier molecular flexibility index (Phi) is 23.9. The molecule has 0 unspecified atom stereocenters. The van der Waals surface area contributed by atoms with Crippen LogP contribution in [0.5, 0.6) is 11.5 Å². The molecule has 3 aliphatic rings. The monoisotopic (exact) mass is 1100 g/mol. The van der Waals surface area contributed by atoms with Crippen molar-refractivity contribution in [2.24, 2.45) is 4.99 Å². The average molecular weight is 1100 g/mol. The van der Waals surface area contributed by atoms with Crippen LogP contribution < -0.4 is 139 Å². The first-order valence-corrected chi connectivity index (χ1v) is 25.0. The van der Waals surface area contributed by atoms with Crippen molar-refractivity contribution in [3.05, 3.63) is 39.7 Å². The molecule has 0 saturated heterocycles. The third-order valence-electron chi connectivity index (χ3n) is 7.37. The maximum atomic E-state index is 13.9. The summed E-state index contributed by atoms with van der Waals surface area (Å²) in [7, 11) is -31.2. The van der Waals surface area contributed by atoms with E-state index >= 15 is 0 Å². The standard InChI is InChI=1S/C26H26Cl2N4O22S6.4Na/c27-18-21-23(53-16-11-13(1-2-14(16)31-21)29-3-5-49-57(37,38)39)19(28)22-24(18)54-25-20(32-22)17(55(33,34)9-7-51-59(43,44)45)12-15(30-4-6-50-58(40,41)42)26(25)56(35,36)10-8-52-60(46,47)48;;;;/h1-2,11-12,29,31H,3-10H2,(H,37,38,39)(H,40,41,42)(H,43,44,45)(H,46,47,48);;;;/q;4*+1/p-4. The number of hydrogen-bond donors (Lipinski definition) is 2. The number of fused-ring (bicyclic) bond motifs is 4. The van der Waals surface area contributed by atoms with Gasteiger partial charge in [-0.05, 0) is 18.2 Å². The molecule has 26 nitrogen and oxygen atoms in total. The van der Waals surface area contributed by atoms with E-state index in [9.17, 15) is 68.7 Å². The summed E-state index contributed by atoms with van der Waals surface area (Å²) in [5.41, 5.74) is -1.60. The molecule has 0 amide bonds. The van der Waals surface area contributed by atoms with Gasteiger partial charge in [-0.3, -0.25) is 21.7 Å². The van der Waals surface area contributed by atoms with Crippen LogP contribution >= 0.6 is 23.2 Å². The minimum Gasteiger partial charge on any atom is -0.726 e. The van der Waals surface area contributed by atoms with Gasteiger partial charge in [-0.25, -0.2) is 55.5 Å². The molecule has 38 heteroatoms. The molecule has 0 radical (unpaired) electrons. The van der Waals surface area contributed by atoms with Crippen LogP contribution in [0.15, 0.2) is 43.5 Å². The summed E-state index contributed by atoms with van der Waals surface area (Å²) < 4.78 is 215. The molecular formula is C26H22Cl2N4Na4O22S6. The van der Waals surface area contributed by atoms with Crippen molar-refractivity contribution in [3.63, 3.8) is 0 Å². The van der Waals surface area contributed by atoms with Crippen molar-refractivity contribution < 1.29 is 213 Å². The van der Waals surface area contributed by atoms with E-state index in [4.69, 9.17) is 32.4 Å². The average Bonchev–Trinajstić information content (AvgIpc) is 3.10. The molecule has 2 aliphatic heterocycles. The zero-order chi connectivity index (χ0) is 44.6. The topological polar surface area (TPSA) is 406 Å². The number of anilines is 3. The summed E-state index contributed by atoms with van der Waals surface area (Å²) >= 11 is 13.4. The van der Waals surface area contributed by atoms with E-state index in [1.807, 2.05) is 0 Å². The van der Waals surface area contributed by atoms with Gasteiger partial charge in [0.1, 0.15) is 31.8 Å². The molecule has 2 N–H and O–H groups in total. The minimum atomic E-state index is -5.46. The largest absolute Gasteiger partial charge is 1.00 e. The number of sulfone groups is 2. The first-order chi connectivity index (χ1) is 27.6. The first-order valence-electron chi connectivity index (χ1n) is 15.6. The summed E-state index contributed by atoms with van der Waals surface area (Å²) in [4.78, 5) is 5.95. The third-order valence-corrected chi connectivity index (χ3v) is 13.3. The van der Waals surface area contributed by atoms with Crippen molar-refractivity contribution in [1.82, 2.24) is 4.98 Å². The second-order valence-corrected chi connectivity index (χ2v) is 20.5. The van der Waals surface area contributed by atoms with Crippen LogP contribution in [0.3, 0.4) is 0 Å². The third kappa shape index (κ3) is 17.1. The van der Waals surface area contributed by atoms with Crippen molar-refractivity contribution in [3.8, 4) is 23.0 Å². The molecule has 0 spiro atoms. The fourth-order valence-electron chi connectivity index (χ4n) is 5.11. The van der Waals surface area contributed by atoms with Crippen molar-refractivity contribution in [1.29, 1.82) is 0 Å². The van der Waals surface area contributed by atoms with Gasteiger partial charge in [0, 0.05) is 18.3 Å². The number of rotatable bonds is 19. The molecule has 2 heterocycles. The maximum Gasteiger partial charge on any atom is 1.00 e. The van der Waals surface area contributed by atoms with Crippen LogP contribution in [0, 0.1) is 0 Å². The smallest absolute Gasteiger partial charge is 0.726 e. The van der Waals surface area contributed by atoms with E-state index in [0.29, 0.717) is 11.8 Å². The molecule has 0 atom stereocenters. The summed E-state index contributed by atoms with van der Waals surface area (Å²) in [5.74, 6) is -3.89. The Morgan fingerprint density at radius 2 is 1.23 bits per heavy atom. The van der Waals surface area contributed by atoms with Gasteiger partial charge < -0.3 is 38.0 Å². The molecule has 0 fully saturated rings. The van der Waals surface area contributed by atoms with E-state index in [1.54, 1.807) is 0 Å². The molecule has 0 aromatic heterocycles. The Bertz CT molecular complexity index is 3110. The van der Waals surface area contributed by atoms with Crippen molar-refractivity contribution >= 4 is 113 Å². The van der Waals surface area contributed by atoms with Crippen LogP contribution in [-0.2, 0) is 78.0 Å². The fraction of sp³-hybridized carbons (Fsp3) is 0.308. The number of halogens is 2. The van der Waals surface area contributed by atoms with Gasteiger partial charge in [-0.15, -0.1) is 0 Å². The van der Waals surface area contributed by atoms with Gasteiger partial charge in [0.15, 0.2) is 42.5 Å². The molecule has 2 aromatic rings. The van der Waals surface area contributed by atoms with Crippen LogP contribution in [0.25, 0.3) is 22.6 Å². The van der Waals surface area contributed by atoms with Crippen LogP contribution in [0.2, 0.25) is 10.0 Å².